The minimum atomic E-state index is -1.15. The van der Waals surface area contributed by atoms with Crippen LogP contribution in [0.4, 0.5) is 9.59 Å². The maximum atomic E-state index is 12.6. The topological polar surface area (TPSA) is 212 Å². The Morgan fingerprint density at radius 2 is 1.34 bits per heavy atom. The molecule has 0 radical (unpaired) electrons. The number of alkyl carbamates (subject to hydrolysis) is 1. The molecule has 2 heterocycles. The van der Waals surface area contributed by atoms with Crippen LogP contribution in [0.5, 0.6) is 0 Å². The minimum absolute atomic E-state index is 0.0174. The first-order chi connectivity index (χ1) is 28.8. The number of unbranched alkanes of at least 4 members (excludes halogenated alkanes) is 2. The van der Waals surface area contributed by atoms with E-state index in [4.69, 9.17) is 23.7 Å². The van der Waals surface area contributed by atoms with Crippen LogP contribution in [-0.4, -0.2) is 137 Å². The summed E-state index contributed by atoms with van der Waals surface area (Å²) in [6.07, 6.45) is 3.89. The standard InChI is InChI=1S/C42H59N5O11S/c48-37(15-6-5-14-36-39-35(28-59-36)45-41(52)47-39)44-18-20-55-22-24-57-26-25-56-23-21-54-19-16-38(49)43-17-8-7-13-34(40(50)51)46-42(53)58-27-33-31-11-3-1-9-29(31)30-10-2-4-12-32(30)33/h1-4,9-12,33-36,39H,5-8,13-28H2,(H,43,49)(H,44,48)(H,46,53)(H,50,51)(H2,45,47,52)/t34-,35-,36-,39-/m0/s1. The quantitative estimate of drug-likeness (QED) is 0.0513. The van der Waals surface area contributed by atoms with E-state index in [0.29, 0.717) is 83.9 Å². The molecular weight excluding hydrogens is 783 g/mol. The van der Waals surface area contributed by atoms with Crippen molar-refractivity contribution in [1.29, 1.82) is 0 Å². The summed E-state index contributed by atoms with van der Waals surface area (Å²) in [6, 6.07) is 15.2. The van der Waals surface area contributed by atoms with E-state index in [0.717, 1.165) is 47.3 Å². The summed E-state index contributed by atoms with van der Waals surface area (Å²) < 4.78 is 27.4. The van der Waals surface area contributed by atoms with Gasteiger partial charge in [0.25, 0.3) is 0 Å². The monoisotopic (exact) mass is 841 g/mol. The van der Waals surface area contributed by atoms with Gasteiger partial charge in [-0.2, -0.15) is 11.8 Å². The molecule has 0 spiro atoms. The van der Waals surface area contributed by atoms with E-state index in [1.807, 2.05) is 60.3 Å². The van der Waals surface area contributed by atoms with Crippen molar-refractivity contribution < 1.29 is 52.8 Å². The normalized spacial score (nSPS) is 18.2. The van der Waals surface area contributed by atoms with Crippen LogP contribution in [0.2, 0.25) is 0 Å². The molecule has 16 nitrogen and oxygen atoms in total. The molecule has 2 aromatic rings. The molecule has 0 saturated carbocycles. The lowest BCUT2D eigenvalue weighted by molar-refractivity contribution is -0.139. The third-order valence-corrected chi connectivity index (χ3v) is 11.9. The van der Waals surface area contributed by atoms with Gasteiger partial charge < -0.3 is 55.4 Å². The molecule has 5 rings (SSSR count). The zero-order valence-electron chi connectivity index (χ0n) is 33.6. The molecule has 2 aromatic carbocycles. The number of thioether (sulfide) groups is 1. The first-order valence-corrected chi connectivity index (χ1v) is 21.7. The number of urea groups is 1. The Morgan fingerprint density at radius 3 is 2.02 bits per heavy atom. The number of aliphatic carboxylic acids is 1. The van der Waals surface area contributed by atoms with Gasteiger partial charge in [-0.1, -0.05) is 55.0 Å². The number of benzene rings is 2. The second kappa shape index (κ2) is 25.3. The molecule has 324 valence electrons. The first kappa shape index (κ1) is 45.7. The van der Waals surface area contributed by atoms with Crippen LogP contribution in [0.3, 0.4) is 0 Å². The van der Waals surface area contributed by atoms with Crippen molar-refractivity contribution in [1.82, 2.24) is 26.6 Å². The highest BCUT2D eigenvalue weighted by Gasteiger charge is 2.42. The highest BCUT2D eigenvalue weighted by molar-refractivity contribution is 8.00. The lowest BCUT2D eigenvalue weighted by Gasteiger charge is -2.17. The molecule has 0 unspecified atom stereocenters. The summed E-state index contributed by atoms with van der Waals surface area (Å²) in [6.45, 7) is 3.93. The van der Waals surface area contributed by atoms with Crippen molar-refractivity contribution in [2.75, 3.05) is 78.3 Å². The van der Waals surface area contributed by atoms with Gasteiger partial charge in [0, 0.05) is 42.9 Å². The number of carbonyl (C=O) groups is 5. The SMILES string of the molecule is O=C(CCCC[C@@H]1SC[C@@H]2NC(=O)N[C@@H]21)NCCOCCOCCOCCOCCC(=O)NCCCC[C@H](NC(=O)OCC1c2ccccc2-c2ccccc21)C(=O)O. The largest absolute Gasteiger partial charge is 0.480 e. The zero-order valence-corrected chi connectivity index (χ0v) is 34.4. The number of hydrogen-bond acceptors (Lipinski definition) is 11. The van der Waals surface area contributed by atoms with Crippen molar-refractivity contribution in [3.05, 3.63) is 59.7 Å². The number of rotatable bonds is 29. The van der Waals surface area contributed by atoms with Gasteiger partial charge in [-0.3, -0.25) is 9.59 Å². The van der Waals surface area contributed by atoms with Crippen LogP contribution in [0.1, 0.15) is 68.4 Å². The van der Waals surface area contributed by atoms with Gasteiger partial charge in [0.2, 0.25) is 11.8 Å². The van der Waals surface area contributed by atoms with Crippen molar-refractivity contribution in [2.45, 2.75) is 80.7 Å². The molecule has 0 bridgehead atoms. The molecule has 6 N–H and O–H groups in total. The van der Waals surface area contributed by atoms with Gasteiger partial charge in [0.15, 0.2) is 0 Å². The van der Waals surface area contributed by atoms with Crippen molar-refractivity contribution in [3.63, 3.8) is 0 Å². The van der Waals surface area contributed by atoms with Gasteiger partial charge in [-0.25, -0.2) is 14.4 Å². The summed E-state index contributed by atoms with van der Waals surface area (Å²) in [5, 5.41) is 24.1. The van der Waals surface area contributed by atoms with Crippen LogP contribution in [0.15, 0.2) is 48.5 Å². The highest BCUT2D eigenvalue weighted by Crippen LogP contribution is 2.44. The summed E-state index contributed by atoms with van der Waals surface area (Å²) in [7, 11) is 0. The fraction of sp³-hybridized carbons (Fsp3) is 0.595. The lowest BCUT2D eigenvalue weighted by atomic mass is 9.98. The maximum absolute atomic E-state index is 12.6. The Hall–Kier alpha value is -4.42. The summed E-state index contributed by atoms with van der Waals surface area (Å²) in [5.74, 6) is -0.474. The third-order valence-electron chi connectivity index (χ3n) is 10.4. The van der Waals surface area contributed by atoms with Crippen LogP contribution in [-0.2, 0) is 38.1 Å². The Kier molecular flexibility index (Phi) is 19.5. The second-order valence-electron chi connectivity index (χ2n) is 14.6. The Balaban J connectivity index is 0.760. The molecule has 2 aliphatic heterocycles. The highest BCUT2D eigenvalue weighted by atomic mass is 32.2. The molecule has 0 aromatic heterocycles. The Morgan fingerprint density at radius 1 is 0.729 bits per heavy atom. The fourth-order valence-corrected chi connectivity index (χ4v) is 8.92. The molecule has 2 saturated heterocycles. The predicted molar refractivity (Wildman–Crippen MR) is 221 cm³/mol. The van der Waals surface area contributed by atoms with Gasteiger partial charge in [0.05, 0.1) is 64.9 Å². The van der Waals surface area contributed by atoms with Crippen molar-refractivity contribution >= 4 is 41.7 Å². The molecule has 3 aliphatic rings. The molecular formula is C42H59N5O11S. The minimum Gasteiger partial charge on any atom is -0.480 e. The van der Waals surface area contributed by atoms with Crippen LogP contribution in [0.25, 0.3) is 11.1 Å². The molecule has 5 amide bonds. The number of carboxylic acid groups (broad SMARTS) is 1. The van der Waals surface area contributed by atoms with Crippen LogP contribution in [0, 0.1) is 0 Å². The summed E-state index contributed by atoms with van der Waals surface area (Å²) in [5.41, 5.74) is 4.36. The molecule has 4 atom stereocenters. The lowest BCUT2D eigenvalue weighted by Crippen LogP contribution is -2.41. The number of fused-ring (bicyclic) bond motifs is 4. The van der Waals surface area contributed by atoms with E-state index in [-0.39, 0.29) is 61.9 Å². The zero-order chi connectivity index (χ0) is 41.7. The number of carbonyl (C=O) groups excluding carboxylic acids is 4. The maximum Gasteiger partial charge on any atom is 0.407 e. The van der Waals surface area contributed by atoms with E-state index >= 15 is 0 Å². The van der Waals surface area contributed by atoms with E-state index in [1.165, 1.54) is 0 Å². The van der Waals surface area contributed by atoms with Gasteiger partial charge in [-0.05, 0) is 54.4 Å². The first-order valence-electron chi connectivity index (χ1n) is 20.7. The Bertz CT molecular complexity index is 1620. The van der Waals surface area contributed by atoms with Gasteiger partial charge in [0.1, 0.15) is 12.6 Å². The van der Waals surface area contributed by atoms with E-state index in [1.54, 1.807) is 0 Å². The van der Waals surface area contributed by atoms with E-state index in [2.05, 4.69) is 26.6 Å². The average molecular weight is 842 g/mol. The van der Waals surface area contributed by atoms with Gasteiger partial charge in [-0.15, -0.1) is 0 Å². The smallest absolute Gasteiger partial charge is 0.407 e. The fourth-order valence-electron chi connectivity index (χ4n) is 7.38. The van der Waals surface area contributed by atoms with Crippen molar-refractivity contribution in [2.24, 2.45) is 0 Å². The van der Waals surface area contributed by atoms with E-state index < -0.39 is 18.1 Å². The number of ether oxygens (including phenoxy) is 5. The number of nitrogens with one attached hydrogen (secondary N) is 5. The number of amides is 5. The van der Waals surface area contributed by atoms with Crippen LogP contribution < -0.4 is 26.6 Å². The molecule has 59 heavy (non-hydrogen) atoms. The van der Waals surface area contributed by atoms with E-state index in [9.17, 15) is 29.1 Å². The predicted octanol–water partition coefficient (Wildman–Crippen LogP) is 3.56. The number of hydrogen-bond donors (Lipinski definition) is 6. The summed E-state index contributed by atoms with van der Waals surface area (Å²) in [4.78, 5) is 60.1. The molecule has 17 heteroatoms. The van der Waals surface area contributed by atoms with Crippen molar-refractivity contribution in [3.8, 4) is 11.1 Å². The molecule has 1 aliphatic carbocycles. The number of carboxylic acids is 1. The van der Waals surface area contributed by atoms with Crippen LogP contribution >= 0.6 is 11.8 Å². The second-order valence-corrected chi connectivity index (χ2v) is 15.9. The summed E-state index contributed by atoms with van der Waals surface area (Å²) >= 11 is 1.89. The third kappa shape index (κ3) is 15.3. The van der Waals surface area contributed by atoms with Gasteiger partial charge >= 0.3 is 18.1 Å². The molecule has 2 fully saturated rings. The Labute approximate surface area is 349 Å². The average Bonchev–Trinajstić information content (AvgIpc) is 3.89.